The summed E-state index contributed by atoms with van der Waals surface area (Å²) in [5.41, 5.74) is 1.64. The van der Waals surface area contributed by atoms with Gasteiger partial charge in [0, 0.05) is 31.2 Å². The fraction of sp³-hybridized carbons (Fsp3) is 0.375. The van der Waals surface area contributed by atoms with Crippen molar-refractivity contribution in [3.63, 3.8) is 0 Å². The van der Waals surface area contributed by atoms with E-state index in [1.165, 1.54) is 0 Å². The molecule has 0 aromatic carbocycles. The molecule has 25 heavy (non-hydrogen) atoms. The van der Waals surface area contributed by atoms with E-state index in [1.54, 1.807) is 17.1 Å². The molecule has 130 valence electrons. The Hall–Kier alpha value is -3.10. The number of pyridine rings is 1. The van der Waals surface area contributed by atoms with Crippen LogP contribution in [0.2, 0.25) is 0 Å². The Balaban J connectivity index is 1.40. The van der Waals surface area contributed by atoms with Crippen LogP contribution in [-0.4, -0.2) is 40.9 Å². The van der Waals surface area contributed by atoms with E-state index in [1.807, 2.05) is 36.0 Å². The summed E-state index contributed by atoms with van der Waals surface area (Å²) in [6.07, 6.45) is 7.43. The first kappa shape index (κ1) is 16.7. The van der Waals surface area contributed by atoms with Gasteiger partial charge in [0.15, 0.2) is 5.82 Å². The standard InChI is InChI=1S/C16H20N8O/c1-13-11-23(21-19-13)8-4-5-9-24-12-15(20-22-24)18-16(25)10-14-6-2-3-7-17-14/h2-3,6-7,11-12H,4-5,8-10H2,1H3,(H,18,25). The maximum absolute atomic E-state index is 12.0. The number of hydrogen-bond acceptors (Lipinski definition) is 6. The minimum atomic E-state index is -0.160. The second kappa shape index (κ2) is 8.13. The van der Waals surface area contributed by atoms with Crippen LogP contribution >= 0.6 is 0 Å². The Morgan fingerprint density at radius 2 is 1.84 bits per heavy atom. The number of unbranched alkanes of at least 4 members (excludes halogenated alkanes) is 1. The number of amides is 1. The summed E-state index contributed by atoms with van der Waals surface area (Å²) in [6, 6.07) is 5.48. The van der Waals surface area contributed by atoms with Gasteiger partial charge < -0.3 is 5.32 Å². The van der Waals surface area contributed by atoms with Crippen molar-refractivity contribution in [2.75, 3.05) is 5.32 Å². The van der Waals surface area contributed by atoms with Gasteiger partial charge in [-0.1, -0.05) is 16.5 Å². The van der Waals surface area contributed by atoms with Gasteiger partial charge in [0.1, 0.15) is 0 Å². The van der Waals surface area contributed by atoms with Gasteiger partial charge in [-0.2, -0.15) is 0 Å². The van der Waals surface area contributed by atoms with Crippen molar-refractivity contribution in [2.24, 2.45) is 0 Å². The molecule has 0 bridgehead atoms. The molecule has 0 aliphatic rings. The first-order chi connectivity index (χ1) is 12.2. The zero-order valence-electron chi connectivity index (χ0n) is 14.0. The van der Waals surface area contributed by atoms with Crippen LogP contribution in [0.3, 0.4) is 0 Å². The van der Waals surface area contributed by atoms with Gasteiger partial charge in [-0.25, -0.2) is 0 Å². The summed E-state index contributed by atoms with van der Waals surface area (Å²) in [6.45, 7) is 3.47. The third kappa shape index (κ3) is 5.20. The smallest absolute Gasteiger partial charge is 0.231 e. The van der Waals surface area contributed by atoms with Crippen molar-refractivity contribution in [3.05, 3.63) is 48.2 Å². The maximum atomic E-state index is 12.0. The quantitative estimate of drug-likeness (QED) is 0.619. The van der Waals surface area contributed by atoms with E-state index in [0.29, 0.717) is 5.82 Å². The number of anilines is 1. The van der Waals surface area contributed by atoms with Crippen molar-refractivity contribution in [1.82, 2.24) is 35.0 Å². The lowest BCUT2D eigenvalue weighted by Gasteiger charge is -2.01. The number of carbonyl (C=O) groups is 1. The normalized spacial score (nSPS) is 10.8. The van der Waals surface area contributed by atoms with E-state index in [0.717, 1.165) is 37.3 Å². The highest BCUT2D eigenvalue weighted by atomic mass is 16.1. The number of aromatic nitrogens is 7. The Morgan fingerprint density at radius 3 is 2.52 bits per heavy atom. The Labute approximate surface area is 145 Å². The molecule has 0 aliphatic heterocycles. The lowest BCUT2D eigenvalue weighted by atomic mass is 10.2. The van der Waals surface area contributed by atoms with Crippen LogP contribution in [0.5, 0.6) is 0 Å². The second-order valence-electron chi connectivity index (χ2n) is 5.74. The van der Waals surface area contributed by atoms with Gasteiger partial charge in [-0.3, -0.25) is 19.1 Å². The van der Waals surface area contributed by atoms with E-state index in [-0.39, 0.29) is 12.3 Å². The van der Waals surface area contributed by atoms with Crippen LogP contribution in [0.4, 0.5) is 5.82 Å². The molecule has 0 saturated heterocycles. The van der Waals surface area contributed by atoms with Gasteiger partial charge in [0.2, 0.25) is 5.91 Å². The first-order valence-corrected chi connectivity index (χ1v) is 8.16. The molecule has 0 saturated carbocycles. The molecule has 0 atom stereocenters. The third-order valence-corrected chi connectivity index (χ3v) is 3.55. The van der Waals surface area contributed by atoms with Crippen LogP contribution in [0.1, 0.15) is 24.2 Å². The molecule has 0 unspecified atom stereocenters. The summed E-state index contributed by atoms with van der Waals surface area (Å²) in [5, 5.41) is 18.7. The van der Waals surface area contributed by atoms with E-state index in [9.17, 15) is 4.79 Å². The van der Waals surface area contributed by atoms with Gasteiger partial charge in [0.05, 0.1) is 18.3 Å². The highest BCUT2D eigenvalue weighted by Crippen LogP contribution is 2.04. The fourth-order valence-electron chi connectivity index (χ4n) is 2.37. The van der Waals surface area contributed by atoms with Gasteiger partial charge in [0.25, 0.3) is 0 Å². The number of nitrogens with one attached hydrogen (secondary N) is 1. The molecule has 3 aromatic rings. The van der Waals surface area contributed by atoms with Gasteiger partial charge in [-0.05, 0) is 31.9 Å². The lowest BCUT2D eigenvalue weighted by Crippen LogP contribution is -2.15. The van der Waals surface area contributed by atoms with Crippen molar-refractivity contribution >= 4 is 11.7 Å². The number of aryl methyl sites for hydroxylation is 3. The third-order valence-electron chi connectivity index (χ3n) is 3.55. The van der Waals surface area contributed by atoms with E-state index >= 15 is 0 Å². The Bertz CT molecular complexity index is 810. The predicted molar refractivity (Wildman–Crippen MR) is 90.6 cm³/mol. The molecule has 3 heterocycles. The van der Waals surface area contributed by atoms with Crippen LogP contribution < -0.4 is 5.32 Å². The van der Waals surface area contributed by atoms with Crippen LogP contribution in [0.15, 0.2) is 36.8 Å². The molecule has 0 spiro atoms. The second-order valence-corrected chi connectivity index (χ2v) is 5.74. The summed E-state index contributed by atoms with van der Waals surface area (Å²) < 4.78 is 3.56. The van der Waals surface area contributed by atoms with Crippen molar-refractivity contribution in [2.45, 2.75) is 39.3 Å². The van der Waals surface area contributed by atoms with Crippen LogP contribution in [0.25, 0.3) is 0 Å². The summed E-state index contributed by atoms with van der Waals surface area (Å²) in [4.78, 5) is 16.1. The molecule has 9 heteroatoms. The number of nitrogens with zero attached hydrogens (tertiary/aromatic N) is 7. The first-order valence-electron chi connectivity index (χ1n) is 8.16. The lowest BCUT2D eigenvalue weighted by molar-refractivity contribution is -0.115. The molecule has 0 radical (unpaired) electrons. The minimum absolute atomic E-state index is 0.160. The summed E-state index contributed by atoms with van der Waals surface area (Å²) in [5.74, 6) is 0.292. The molecule has 1 N–H and O–H groups in total. The average Bonchev–Trinajstić information content (AvgIpc) is 3.21. The summed E-state index contributed by atoms with van der Waals surface area (Å²) in [7, 11) is 0. The molecule has 3 aromatic heterocycles. The molecule has 1 amide bonds. The van der Waals surface area contributed by atoms with Crippen molar-refractivity contribution < 1.29 is 4.79 Å². The SMILES string of the molecule is Cc1cn(CCCCn2cc(NC(=O)Cc3ccccn3)nn2)nn1. The molecule has 0 fully saturated rings. The van der Waals surface area contributed by atoms with E-state index < -0.39 is 0 Å². The van der Waals surface area contributed by atoms with E-state index in [4.69, 9.17) is 0 Å². The largest absolute Gasteiger partial charge is 0.308 e. The Morgan fingerprint density at radius 1 is 1.08 bits per heavy atom. The van der Waals surface area contributed by atoms with Gasteiger partial charge >= 0.3 is 0 Å². The molecule has 9 nitrogen and oxygen atoms in total. The zero-order valence-corrected chi connectivity index (χ0v) is 14.0. The summed E-state index contributed by atoms with van der Waals surface area (Å²) >= 11 is 0. The number of hydrogen-bond donors (Lipinski definition) is 1. The van der Waals surface area contributed by atoms with Crippen LogP contribution in [-0.2, 0) is 24.3 Å². The zero-order chi connectivity index (χ0) is 17.5. The van der Waals surface area contributed by atoms with Gasteiger partial charge in [-0.15, -0.1) is 10.2 Å². The number of rotatable bonds is 8. The van der Waals surface area contributed by atoms with Crippen molar-refractivity contribution in [1.29, 1.82) is 0 Å². The topological polar surface area (TPSA) is 103 Å². The average molecular weight is 340 g/mol. The highest BCUT2D eigenvalue weighted by Gasteiger charge is 2.07. The number of carbonyl (C=O) groups excluding carboxylic acids is 1. The predicted octanol–water partition coefficient (Wildman–Crippen LogP) is 1.23. The highest BCUT2D eigenvalue weighted by molar-refractivity contribution is 5.90. The van der Waals surface area contributed by atoms with E-state index in [2.05, 4.69) is 30.9 Å². The van der Waals surface area contributed by atoms with Crippen LogP contribution in [0, 0.1) is 6.92 Å². The maximum Gasteiger partial charge on any atom is 0.231 e. The minimum Gasteiger partial charge on any atom is -0.308 e. The fourth-order valence-corrected chi connectivity index (χ4v) is 2.37. The molecule has 0 aliphatic carbocycles. The molecule has 3 rings (SSSR count). The molecular weight excluding hydrogens is 320 g/mol. The molecular formula is C16H20N8O. The Kier molecular flexibility index (Phi) is 5.45. The van der Waals surface area contributed by atoms with Crippen molar-refractivity contribution in [3.8, 4) is 0 Å². The monoisotopic (exact) mass is 340 g/mol.